The highest BCUT2D eigenvalue weighted by Gasteiger charge is 2.21. The second kappa shape index (κ2) is 7.95. The van der Waals surface area contributed by atoms with Gasteiger partial charge in [-0.25, -0.2) is 0 Å². The van der Waals surface area contributed by atoms with Crippen molar-refractivity contribution in [2.45, 2.75) is 65.0 Å². The summed E-state index contributed by atoms with van der Waals surface area (Å²) in [5, 5.41) is 13.8. The maximum Gasteiger partial charge on any atom is 0.0914 e. The van der Waals surface area contributed by atoms with E-state index in [9.17, 15) is 5.11 Å². The standard InChI is InChI=1S/C19H31NO/c1-14(2)12-16-8-10-18(11-9-16)19(21)13-20-15(3)17-6-4-5-7-17/h8-11,14-15,17,19-21H,4-7,12-13H2,1-3H3. The summed E-state index contributed by atoms with van der Waals surface area (Å²) in [4.78, 5) is 0. The van der Waals surface area contributed by atoms with Crippen LogP contribution in [0, 0.1) is 11.8 Å². The predicted octanol–water partition coefficient (Wildman–Crippen LogP) is 4.09. The Morgan fingerprint density at radius 1 is 1.10 bits per heavy atom. The minimum absolute atomic E-state index is 0.401. The lowest BCUT2D eigenvalue weighted by atomic mass is 9.98. The van der Waals surface area contributed by atoms with Crippen LogP contribution in [0.15, 0.2) is 24.3 Å². The number of aliphatic hydroxyl groups is 1. The maximum atomic E-state index is 10.3. The molecule has 0 aromatic heterocycles. The summed E-state index contributed by atoms with van der Waals surface area (Å²) in [6, 6.07) is 8.97. The van der Waals surface area contributed by atoms with Crippen molar-refractivity contribution >= 4 is 0 Å². The first-order valence-corrected chi connectivity index (χ1v) is 8.56. The Morgan fingerprint density at radius 3 is 2.29 bits per heavy atom. The van der Waals surface area contributed by atoms with Crippen LogP contribution < -0.4 is 5.32 Å². The molecule has 0 bridgehead atoms. The molecule has 0 radical (unpaired) electrons. The molecule has 1 saturated carbocycles. The predicted molar refractivity (Wildman–Crippen MR) is 89.4 cm³/mol. The molecule has 118 valence electrons. The highest BCUT2D eigenvalue weighted by molar-refractivity contribution is 5.24. The molecular formula is C19H31NO. The summed E-state index contributed by atoms with van der Waals surface area (Å²) in [7, 11) is 0. The van der Waals surface area contributed by atoms with Gasteiger partial charge in [0, 0.05) is 12.6 Å². The van der Waals surface area contributed by atoms with Gasteiger partial charge < -0.3 is 10.4 Å². The Balaban J connectivity index is 1.80. The zero-order chi connectivity index (χ0) is 15.2. The summed E-state index contributed by atoms with van der Waals surface area (Å²) in [5.41, 5.74) is 2.38. The Kier molecular flexibility index (Phi) is 6.25. The molecule has 2 unspecified atom stereocenters. The Hall–Kier alpha value is -0.860. The van der Waals surface area contributed by atoms with Crippen LogP contribution in [0.2, 0.25) is 0 Å². The second-order valence-corrected chi connectivity index (χ2v) is 7.10. The van der Waals surface area contributed by atoms with E-state index in [0.717, 1.165) is 17.9 Å². The highest BCUT2D eigenvalue weighted by Crippen LogP contribution is 2.27. The van der Waals surface area contributed by atoms with Crippen LogP contribution in [0.25, 0.3) is 0 Å². The average Bonchev–Trinajstić information content (AvgIpc) is 2.99. The molecule has 0 spiro atoms. The average molecular weight is 289 g/mol. The third-order valence-corrected chi connectivity index (χ3v) is 4.75. The number of rotatable bonds is 7. The number of hydrogen-bond acceptors (Lipinski definition) is 2. The lowest BCUT2D eigenvalue weighted by molar-refractivity contribution is 0.165. The fourth-order valence-electron chi connectivity index (χ4n) is 3.39. The number of benzene rings is 1. The molecule has 2 N–H and O–H groups in total. The molecule has 2 heteroatoms. The van der Waals surface area contributed by atoms with Crippen molar-refractivity contribution in [1.82, 2.24) is 5.32 Å². The van der Waals surface area contributed by atoms with Gasteiger partial charge in [0.05, 0.1) is 6.10 Å². The monoisotopic (exact) mass is 289 g/mol. The summed E-state index contributed by atoms with van der Waals surface area (Å²) in [5.74, 6) is 1.47. The summed E-state index contributed by atoms with van der Waals surface area (Å²) >= 11 is 0. The number of hydrogen-bond donors (Lipinski definition) is 2. The molecule has 2 atom stereocenters. The van der Waals surface area contributed by atoms with Gasteiger partial charge in [0.25, 0.3) is 0 Å². The van der Waals surface area contributed by atoms with Crippen LogP contribution in [-0.2, 0) is 6.42 Å². The zero-order valence-corrected chi connectivity index (χ0v) is 13.8. The molecule has 1 fully saturated rings. The minimum Gasteiger partial charge on any atom is -0.387 e. The molecule has 2 rings (SSSR count). The fourth-order valence-corrected chi connectivity index (χ4v) is 3.39. The first-order chi connectivity index (χ1) is 10.1. The molecule has 0 saturated heterocycles. The first kappa shape index (κ1) is 16.5. The van der Waals surface area contributed by atoms with E-state index >= 15 is 0 Å². The largest absolute Gasteiger partial charge is 0.387 e. The molecule has 0 aliphatic heterocycles. The van der Waals surface area contributed by atoms with E-state index in [1.165, 1.54) is 31.2 Å². The second-order valence-electron chi connectivity index (χ2n) is 7.10. The van der Waals surface area contributed by atoms with Crippen molar-refractivity contribution in [3.63, 3.8) is 0 Å². The van der Waals surface area contributed by atoms with Crippen molar-refractivity contribution in [2.75, 3.05) is 6.54 Å². The van der Waals surface area contributed by atoms with Crippen molar-refractivity contribution in [2.24, 2.45) is 11.8 Å². The van der Waals surface area contributed by atoms with Gasteiger partial charge in [-0.15, -0.1) is 0 Å². The van der Waals surface area contributed by atoms with Crippen molar-refractivity contribution < 1.29 is 5.11 Å². The molecule has 0 amide bonds. The summed E-state index contributed by atoms with van der Waals surface area (Å²) in [6.45, 7) is 7.38. The minimum atomic E-state index is -0.401. The van der Waals surface area contributed by atoms with E-state index < -0.39 is 6.10 Å². The SMILES string of the molecule is CC(C)Cc1ccc(C(O)CNC(C)C2CCCC2)cc1. The number of aliphatic hydroxyl groups excluding tert-OH is 1. The number of nitrogens with one attached hydrogen (secondary N) is 1. The lowest BCUT2D eigenvalue weighted by Gasteiger charge is -2.22. The lowest BCUT2D eigenvalue weighted by Crippen LogP contribution is -2.35. The topological polar surface area (TPSA) is 32.3 Å². The Labute approximate surface area is 130 Å². The van der Waals surface area contributed by atoms with Crippen LogP contribution in [0.4, 0.5) is 0 Å². The van der Waals surface area contributed by atoms with E-state index in [1.54, 1.807) is 0 Å². The third-order valence-electron chi connectivity index (χ3n) is 4.75. The first-order valence-electron chi connectivity index (χ1n) is 8.56. The van der Waals surface area contributed by atoms with Crippen molar-refractivity contribution in [3.8, 4) is 0 Å². The van der Waals surface area contributed by atoms with Crippen LogP contribution in [0.3, 0.4) is 0 Å². The molecule has 0 heterocycles. The molecule has 2 nitrogen and oxygen atoms in total. The van der Waals surface area contributed by atoms with Gasteiger partial charge in [0.1, 0.15) is 0 Å². The quantitative estimate of drug-likeness (QED) is 0.792. The zero-order valence-electron chi connectivity index (χ0n) is 13.8. The molecule has 1 aliphatic rings. The van der Waals surface area contributed by atoms with Crippen LogP contribution >= 0.6 is 0 Å². The van der Waals surface area contributed by atoms with Crippen LogP contribution in [0.5, 0.6) is 0 Å². The smallest absolute Gasteiger partial charge is 0.0914 e. The summed E-state index contributed by atoms with van der Waals surface area (Å²) < 4.78 is 0. The maximum absolute atomic E-state index is 10.3. The van der Waals surface area contributed by atoms with Crippen molar-refractivity contribution in [1.29, 1.82) is 0 Å². The van der Waals surface area contributed by atoms with E-state index in [4.69, 9.17) is 0 Å². The van der Waals surface area contributed by atoms with Gasteiger partial charge in [0.15, 0.2) is 0 Å². The Morgan fingerprint density at radius 2 is 1.71 bits per heavy atom. The van der Waals surface area contributed by atoms with E-state index in [2.05, 4.69) is 50.4 Å². The molecule has 21 heavy (non-hydrogen) atoms. The third kappa shape index (κ3) is 5.12. The van der Waals surface area contributed by atoms with Crippen LogP contribution in [0.1, 0.15) is 63.7 Å². The van der Waals surface area contributed by atoms with E-state index in [1.807, 2.05) is 0 Å². The van der Waals surface area contributed by atoms with Gasteiger partial charge in [-0.3, -0.25) is 0 Å². The molecule has 1 aromatic carbocycles. The van der Waals surface area contributed by atoms with Gasteiger partial charge in [-0.2, -0.15) is 0 Å². The normalized spacial score (nSPS) is 19.1. The summed E-state index contributed by atoms with van der Waals surface area (Å²) in [6.07, 6.45) is 6.13. The van der Waals surface area contributed by atoms with Gasteiger partial charge in [0.2, 0.25) is 0 Å². The molecular weight excluding hydrogens is 258 g/mol. The van der Waals surface area contributed by atoms with Gasteiger partial charge in [-0.05, 0) is 49.1 Å². The molecule has 1 aromatic rings. The Bertz CT molecular complexity index is 406. The molecule has 1 aliphatic carbocycles. The fraction of sp³-hybridized carbons (Fsp3) is 0.684. The van der Waals surface area contributed by atoms with Gasteiger partial charge >= 0.3 is 0 Å². The van der Waals surface area contributed by atoms with Gasteiger partial charge in [-0.1, -0.05) is 51.0 Å². The van der Waals surface area contributed by atoms with E-state index in [-0.39, 0.29) is 0 Å². The highest BCUT2D eigenvalue weighted by atomic mass is 16.3. The van der Waals surface area contributed by atoms with Crippen LogP contribution in [-0.4, -0.2) is 17.7 Å². The van der Waals surface area contributed by atoms with Crippen molar-refractivity contribution in [3.05, 3.63) is 35.4 Å². The van der Waals surface area contributed by atoms with E-state index in [0.29, 0.717) is 18.5 Å².